The Kier molecular flexibility index (Phi) is 2.69. The number of nitrogens with two attached hydrogens (primary N) is 1. The first-order chi connectivity index (χ1) is 5.52. The van der Waals surface area contributed by atoms with E-state index in [1.165, 1.54) is 0 Å². The van der Waals surface area contributed by atoms with Crippen molar-refractivity contribution in [3.8, 4) is 0 Å². The van der Waals surface area contributed by atoms with Gasteiger partial charge in [0.1, 0.15) is 0 Å². The molecule has 0 radical (unpaired) electrons. The Morgan fingerprint density at radius 2 is 2.50 bits per heavy atom. The molecule has 0 aliphatic carbocycles. The van der Waals surface area contributed by atoms with E-state index in [4.69, 9.17) is 10.8 Å². The molecule has 0 amide bonds. The predicted molar refractivity (Wildman–Crippen MR) is 45.8 cm³/mol. The monoisotopic (exact) mass is 172 g/mol. The van der Waals surface area contributed by atoms with Crippen LogP contribution in [0.2, 0.25) is 0 Å². The van der Waals surface area contributed by atoms with Gasteiger partial charge in [-0.1, -0.05) is 6.92 Å². The summed E-state index contributed by atoms with van der Waals surface area (Å²) in [6.45, 7) is 3.64. The number of rotatable bonds is 2. The summed E-state index contributed by atoms with van der Waals surface area (Å²) < 4.78 is 0. The second-order valence-electron chi connectivity index (χ2n) is 3.87. The zero-order valence-electron chi connectivity index (χ0n) is 7.34. The molecule has 4 heteroatoms. The third kappa shape index (κ3) is 2.46. The molecule has 1 fully saturated rings. The van der Waals surface area contributed by atoms with Crippen LogP contribution in [0.3, 0.4) is 0 Å². The van der Waals surface area contributed by atoms with Gasteiger partial charge in [0.05, 0.1) is 6.42 Å². The third-order valence-electron chi connectivity index (χ3n) is 2.23. The van der Waals surface area contributed by atoms with Gasteiger partial charge in [-0.2, -0.15) is 0 Å². The summed E-state index contributed by atoms with van der Waals surface area (Å²) in [5, 5.41) is 11.8. The molecule has 0 aromatic rings. The summed E-state index contributed by atoms with van der Waals surface area (Å²) in [6.07, 6.45) is 0.858. The lowest BCUT2D eigenvalue weighted by Crippen LogP contribution is -2.56. The molecule has 0 aromatic carbocycles. The molecule has 2 atom stereocenters. The maximum Gasteiger partial charge on any atom is 0.305 e. The number of nitrogens with one attached hydrogen (secondary N) is 1. The standard InChI is InChI=1S/C8H16N2O2/c1-6-2-8(9,3-7(11)12)5-10-4-6/h6,10H,2-5,9H2,1H3,(H,11,12). The second kappa shape index (κ2) is 3.41. The third-order valence-corrected chi connectivity index (χ3v) is 2.23. The summed E-state index contributed by atoms with van der Waals surface area (Å²) in [5.41, 5.74) is 5.37. The largest absolute Gasteiger partial charge is 0.481 e. The molecule has 0 aromatic heterocycles. The van der Waals surface area contributed by atoms with Crippen molar-refractivity contribution in [3.63, 3.8) is 0 Å². The van der Waals surface area contributed by atoms with E-state index in [-0.39, 0.29) is 6.42 Å². The minimum atomic E-state index is -0.812. The highest BCUT2D eigenvalue weighted by molar-refractivity contribution is 5.68. The lowest BCUT2D eigenvalue weighted by atomic mass is 9.83. The molecule has 1 rings (SSSR count). The van der Waals surface area contributed by atoms with Gasteiger partial charge in [-0.15, -0.1) is 0 Å². The highest BCUT2D eigenvalue weighted by atomic mass is 16.4. The van der Waals surface area contributed by atoms with Crippen LogP contribution in [0.4, 0.5) is 0 Å². The molecule has 1 aliphatic heterocycles. The zero-order valence-corrected chi connectivity index (χ0v) is 7.34. The van der Waals surface area contributed by atoms with Crippen LogP contribution in [0.15, 0.2) is 0 Å². The van der Waals surface area contributed by atoms with Gasteiger partial charge < -0.3 is 16.2 Å². The van der Waals surface area contributed by atoms with Gasteiger partial charge in [-0.3, -0.25) is 4.79 Å². The van der Waals surface area contributed by atoms with Gasteiger partial charge in [0, 0.05) is 12.1 Å². The van der Waals surface area contributed by atoms with E-state index in [9.17, 15) is 4.79 Å². The van der Waals surface area contributed by atoms with Crippen LogP contribution < -0.4 is 11.1 Å². The van der Waals surface area contributed by atoms with Crippen molar-refractivity contribution in [1.82, 2.24) is 5.32 Å². The van der Waals surface area contributed by atoms with E-state index in [0.717, 1.165) is 13.0 Å². The number of carbonyl (C=O) groups is 1. The molecule has 1 aliphatic rings. The molecule has 12 heavy (non-hydrogen) atoms. The van der Waals surface area contributed by atoms with E-state index in [0.29, 0.717) is 12.5 Å². The topological polar surface area (TPSA) is 75.3 Å². The first-order valence-corrected chi connectivity index (χ1v) is 4.23. The Morgan fingerprint density at radius 3 is 3.00 bits per heavy atom. The number of hydrogen-bond acceptors (Lipinski definition) is 3. The molecule has 4 N–H and O–H groups in total. The van der Waals surface area contributed by atoms with Gasteiger partial charge >= 0.3 is 5.97 Å². The van der Waals surface area contributed by atoms with Gasteiger partial charge in [-0.25, -0.2) is 0 Å². The molecule has 0 saturated carbocycles. The number of carboxylic acids is 1. The Labute approximate surface area is 72.1 Å². The Hall–Kier alpha value is -0.610. The summed E-state index contributed by atoms with van der Waals surface area (Å²) in [4.78, 5) is 10.5. The number of carboxylic acid groups (broad SMARTS) is 1. The van der Waals surface area contributed by atoms with Crippen LogP contribution in [-0.4, -0.2) is 29.7 Å². The molecule has 1 saturated heterocycles. The molecule has 0 spiro atoms. The number of aliphatic carboxylic acids is 1. The average Bonchev–Trinajstić information content (AvgIpc) is 1.82. The zero-order chi connectivity index (χ0) is 9.19. The predicted octanol–water partition coefficient (Wildman–Crippen LogP) is -0.212. The van der Waals surface area contributed by atoms with Crippen molar-refractivity contribution in [3.05, 3.63) is 0 Å². The van der Waals surface area contributed by atoms with Crippen molar-refractivity contribution in [2.75, 3.05) is 13.1 Å². The van der Waals surface area contributed by atoms with Crippen LogP contribution in [0.1, 0.15) is 19.8 Å². The maximum atomic E-state index is 10.5. The molecule has 1 heterocycles. The van der Waals surface area contributed by atoms with Crippen molar-refractivity contribution in [2.24, 2.45) is 11.7 Å². The fourth-order valence-corrected chi connectivity index (χ4v) is 1.84. The van der Waals surface area contributed by atoms with Crippen LogP contribution >= 0.6 is 0 Å². The molecule has 2 unspecified atom stereocenters. The summed E-state index contributed by atoms with van der Waals surface area (Å²) in [7, 11) is 0. The van der Waals surface area contributed by atoms with E-state index in [2.05, 4.69) is 12.2 Å². The number of hydrogen-bond donors (Lipinski definition) is 3. The van der Waals surface area contributed by atoms with E-state index < -0.39 is 11.5 Å². The minimum absolute atomic E-state index is 0.0599. The lowest BCUT2D eigenvalue weighted by Gasteiger charge is -2.36. The fraction of sp³-hybridized carbons (Fsp3) is 0.875. The number of piperidine rings is 1. The van der Waals surface area contributed by atoms with E-state index in [1.54, 1.807) is 0 Å². The quantitative estimate of drug-likeness (QED) is 0.538. The van der Waals surface area contributed by atoms with E-state index >= 15 is 0 Å². The Bertz CT molecular complexity index is 184. The van der Waals surface area contributed by atoms with Crippen LogP contribution in [0.25, 0.3) is 0 Å². The van der Waals surface area contributed by atoms with Crippen molar-refractivity contribution < 1.29 is 9.90 Å². The van der Waals surface area contributed by atoms with Gasteiger partial charge in [0.25, 0.3) is 0 Å². The Balaban J connectivity index is 2.51. The maximum absolute atomic E-state index is 10.5. The van der Waals surface area contributed by atoms with E-state index in [1.807, 2.05) is 0 Å². The van der Waals surface area contributed by atoms with Gasteiger partial charge in [0.2, 0.25) is 0 Å². The van der Waals surface area contributed by atoms with Crippen LogP contribution in [0.5, 0.6) is 0 Å². The first kappa shape index (κ1) is 9.48. The fourth-order valence-electron chi connectivity index (χ4n) is 1.84. The summed E-state index contributed by atoms with van der Waals surface area (Å²) in [5.74, 6) is -0.337. The van der Waals surface area contributed by atoms with Gasteiger partial charge in [0.15, 0.2) is 0 Å². The summed E-state index contributed by atoms with van der Waals surface area (Å²) >= 11 is 0. The highest BCUT2D eigenvalue weighted by Gasteiger charge is 2.32. The Morgan fingerprint density at radius 1 is 1.83 bits per heavy atom. The van der Waals surface area contributed by atoms with Gasteiger partial charge in [-0.05, 0) is 18.9 Å². The highest BCUT2D eigenvalue weighted by Crippen LogP contribution is 2.20. The summed E-state index contributed by atoms with van der Waals surface area (Å²) in [6, 6.07) is 0. The first-order valence-electron chi connectivity index (χ1n) is 4.23. The van der Waals surface area contributed by atoms with Crippen LogP contribution in [-0.2, 0) is 4.79 Å². The van der Waals surface area contributed by atoms with Crippen molar-refractivity contribution in [2.45, 2.75) is 25.3 Å². The normalized spacial score (nSPS) is 36.3. The molecule has 4 nitrogen and oxygen atoms in total. The average molecular weight is 172 g/mol. The lowest BCUT2D eigenvalue weighted by molar-refractivity contribution is -0.138. The second-order valence-corrected chi connectivity index (χ2v) is 3.87. The molecule has 0 bridgehead atoms. The molecular weight excluding hydrogens is 156 g/mol. The molecular formula is C8H16N2O2. The SMILES string of the molecule is CC1CNCC(N)(CC(=O)O)C1. The van der Waals surface area contributed by atoms with Crippen molar-refractivity contribution in [1.29, 1.82) is 0 Å². The minimum Gasteiger partial charge on any atom is -0.481 e. The smallest absolute Gasteiger partial charge is 0.305 e. The van der Waals surface area contributed by atoms with Crippen LogP contribution in [0, 0.1) is 5.92 Å². The van der Waals surface area contributed by atoms with Crippen molar-refractivity contribution >= 4 is 5.97 Å². The molecule has 70 valence electrons.